The van der Waals surface area contributed by atoms with Crippen molar-refractivity contribution in [1.82, 2.24) is 16.0 Å². The van der Waals surface area contributed by atoms with E-state index in [1.54, 1.807) is 0 Å². The number of carboxylic acid groups (broad SMARTS) is 1. The smallest absolute Gasteiger partial charge is 0.326 e. The summed E-state index contributed by atoms with van der Waals surface area (Å²) in [6, 6.07) is 1.30. The molecule has 0 saturated heterocycles. The molecule has 1 aromatic carbocycles. The van der Waals surface area contributed by atoms with Crippen LogP contribution in [0, 0.1) is 5.92 Å². The maximum absolute atomic E-state index is 13.2. The minimum atomic E-state index is -1.35. The summed E-state index contributed by atoms with van der Waals surface area (Å²) in [5, 5.41) is 26.6. The second-order valence-electron chi connectivity index (χ2n) is 9.92. The van der Waals surface area contributed by atoms with Gasteiger partial charge < -0.3 is 43.4 Å². The Bertz CT molecular complexity index is 970. The fraction of sp³-hybridized carbons (Fsp3) is 0.577. The molecule has 39 heavy (non-hydrogen) atoms. The topological polar surface area (TPSA) is 240 Å². The number of carbonyl (C=O) groups is 5. The lowest BCUT2D eigenvalue weighted by Gasteiger charge is -2.26. The lowest BCUT2D eigenvalue weighted by atomic mass is 10.0. The molecular weight excluding hydrogens is 508 g/mol. The first kappa shape index (κ1) is 33.3. The van der Waals surface area contributed by atoms with Crippen LogP contribution in [0.1, 0.15) is 57.9 Å². The minimum Gasteiger partial charge on any atom is -0.508 e. The second kappa shape index (κ2) is 17.0. The second-order valence-corrected chi connectivity index (χ2v) is 9.92. The van der Waals surface area contributed by atoms with E-state index in [0.29, 0.717) is 31.4 Å². The predicted octanol–water partition coefficient (Wildman–Crippen LogP) is -0.758. The molecule has 4 atom stereocenters. The predicted molar refractivity (Wildman–Crippen MR) is 144 cm³/mol. The highest BCUT2D eigenvalue weighted by Gasteiger charge is 2.31. The van der Waals surface area contributed by atoms with Gasteiger partial charge in [-0.15, -0.1) is 0 Å². The van der Waals surface area contributed by atoms with Crippen molar-refractivity contribution in [3.63, 3.8) is 0 Å². The lowest BCUT2D eigenvalue weighted by Crippen LogP contribution is -2.57. The first-order valence-corrected chi connectivity index (χ1v) is 13.0. The molecule has 0 heterocycles. The molecule has 11 N–H and O–H groups in total. The van der Waals surface area contributed by atoms with Crippen molar-refractivity contribution in [2.45, 2.75) is 83.0 Å². The van der Waals surface area contributed by atoms with E-state index in [1.165, 1.54) is 24.3 Å². The third-order valence-electron chi connectivity index (χ3n) is 5.95. The highest BCUT2D eigenvalue weighted by molar-refractivity contribution is 5.94. The van der Waals surface area contributed by atoms with E-state index in [2.05, 4.69) is 16.0 Å². The summed E-state index contributed by atoms with van der Waals surface area (Å²) in [5.74, 6) is -4.06. The zero-order valence-electron chi connectivity index (χ0n) is 22.5. The normalized spacial score (nSPS) is 14.1. The van der Waals surface area contributed by atoms with Crippen LogP contribution in [0.15, 0.2) is 24.3 Å². The number of benzene rings is 1. The molecule has 0 saturated carbocycles. The van der Waals surface area contributed by atoms with Gasteiger partial charge in [-0.1, -0.05) is 32.4 Å². The van der Waals surface area contributed by atoms with Crippen molar-refractivity contribution < 1.29 is 34.2 Å². The van der Waals surface area contributed by atoms with Gasteiger partial charge in [-0.2, -0.15) is 0 Å². The molecule has 1 rings (SSSR count). The van der Waals surface area contributed by atoms with Crippen LogP contribution in [0.25, 0.3) is 0 Å². The molecule has 4 unspecified atom stereocenters. The van der Waals surface area contributed by atoms with Gasteiger partial charge in [0.15, 0.2) is 0 Å². The molecular formula is C26H42N6O7. The highest BCUT2D eigenvalue weighted by Crippen LogP contribution is 2.12. The Morgan fingerprint density at radius 1 is 0.846 bits per heavy atom. The fourth-order valence-corrected chi connectivity index (χ4v) is 3.79. The molecule has 0 fully saturated rings. The van der Waals surface area contributed by atoms with Crippen LogP contribution in [0.4, 0.5) is 0 Å². The van der Waals surface area contributed by atoms with Crippen molar-refractivity contribution in [2.75, 3.05) is 6.54 Å². The number of phenols is 1. The molecule has 4 amide bonds. The molecule has 0 aromatic heterocycles. The number of aliphatic carboxylic acids is 1. The van der Waals surface area contributed by atoms with E-state index in [-0.39, 0.29) is 37.4 Å². The Morgan fingerprint density at radius 3 is 1.95 bits per heavy atom. The Balaban J connectivity index is 3.01. The third-order valence-corrected chi connectivity index (χ3v) is 5.95. The van der Waals surface area contributed by atoms with Gasteiger partial charge in [-0.3, -0.25) is 19.2 Å². The van der Waals surface area contributed by atoms with Crippen LogP contribution in [-0.2, 0) is 30.4 Å². The van der Waals surface area contributed by atoms with Gasteiger partial charge in [0.25, 0.3) is 0 Å². The van der Waals surface area contributed by atoms with Crippen LogP contribution in [0.2, 0.25) is 0 Å². The van der Waals surface area contributed by atoms with Gasteiger partial charge >= 0.3 is 5.97 Å². The first-order valence-electron chi connectivity index (χ1n) is 13.0. The van der Waals surface area contributed by atoms with E-state index in [9.17, 15) is 34.2 Å². The SMILES string of the molecule is CC(C)CC(NC(=O)C(N)CCCCN)C(=O)NC(CCC(N)=O)C(=O)NC(Cc1ccc(O)cc1)C(=O)O. The van der Waals surface area contributed by atoms with Crippen LogP contribution >= 0.6 is 0 Å². The number of carbonyl (C=O) groups excluding carboxylic acids is 4. The number of hydrogen-bond donors (Lipinski definition) is 8. The number of aromatic hydroxyl groups is 1. The van der Waals surface area contributed by atoms with Crippen LogP contribution in [-0.4, -0.2) is 70.5 Å². The van der Waals surface area contributed by atoms with E-state index in [4.69, 9.17) is 17.2 Å². The molecule has 0 aliphatic rings. The summed E-state index contributed by atoms with van der Waals surface area (Å²) in [7, 11) is 0. The summed E-state index contributed by atoms with van der Waals surface area (Å²) >= 11 is 0. The molecule has 218 valence electrons. The van der Waals surface area contributed by atoms with Crippen molar-refractivity contribution in [1.29, 1.82) is 0 Å². The molecule has 13 nitrogen and oxygen atoms in total. The van der Waals surface area contributed by atoms with E-state index < -0.39 is 53.8 Å². The van der Waals surface area contributed by atoms with Crippen LogP contribution < -0.4 is 33.2 Å². The van der Waals surface area contributed by atoms with Crippen molar-refractivity contribution in [3.05, 3.63) is 29.8 Å². The summed E-state index contributed by atoms with van der Waals surface area (Å²) < 4.78 is 0. The number of nitrogens with two attached hydrogens (primary N) is 3. The summed E-state index contributed by atoms with van der Waals surface area (Å²) in [5.41, 5.74) is 17.2. The largest absolute Gasteiger partial charge is 0.508 e. The average Bonchev–Trinajstić information content (AvgIpc) is 2.86. The van der Waals surface area contributed by atoms with Gasteiger partial charge in [0.05, 0.1) is 6.04 Å². The average molecular weight is 551 g/mol. The molecule has 0 radical (unpaired) electrons. The molecule has 0 spiro atoms. The number of nitrogens with one attached hydrogen (secondary N) is 3. The van der Waals surface area contributed by atoms with Crippen LogP contribution in [0.5, 0.6) is 5.75 Å². The van der Waals surface area contributed by atoms with Gasteiger partial charge in [-0.05, 0) is 55.8 Å². The molecule has 0 aliphatic carbocycles. The van der Waals surface area contributed by atoms with Crippen molar-refractivity contribution >= 4 is 29.6 Å². The molecule has 0 bridgehead atoms. The maximum Gasteiger partial charge on any atom is 0.326 e. The van der Waals surface area contributed by atoms with Crippen molar-refractivity contribution in [3.8, 4) is 5.75 Å². The Hall–Kier alpha value is -3.71. The molecule has 0 aliphatic heterocycles. The zero-order chi connectivity index (χ0) is 29.5. The summed E-state index contributed by atoms with van der Waals surface area (Å²) in [6.07, 6.45) is 1.47. The number of primary amides is 1. The van der Waals surface area contributed by atoms with Crippen molar-refractivity contribution in [2.24, 2.45) is 23.1 Å². The summed E-state index contributed by atoms with van der Waals surface area (Å²) in [4.78, 5) is 62.1. The number of rotatable bonds is 18. The van der Waals surface area contributed by atoms with Gasteiger partial charge in [0.2, 0.25) is 23.6 Å². The number of unbranched alkanes of at least 4 members (excludes halogenated alkanes) is 1. The number of phenolic OH excluding ortho intramolecular Hbond substituents is 1. The van der Waals surface area contributed by atoms with Gasteiger partial charge in [-0.25, -0.2) is 4.79 Å². The standard InChI is InChI=1S/C26H42N6O7/c1-15(2)13-20(31-23(35)18(28)5-3-4-12-27)25(37)30-19(10-11-22(29)34)24(36)32-21(26(38)39)14-16-6-8-17(33)9-7-16/h6-9,15,18-21,33H,3-5,10-14,27-28H2,1-2H3,(H2,29,34)(H,30,37)(H,31,35)(H,32,36)(H,38,39). The molecule has 13 heteroatoms. The number of hydrogen-bond acceptors (Lipinski definition) is 8. The quantitative estimate of drug-likeness (QED) is 0.107. The Kier molecular flexibility index (Phi) is 14.5. The highest BCUT2D eigenvalue weighted by atomic mass is 16.4. The van der Waals surface area contributed by atoms with Gasteiger partial charge in [0, 0.05) is 12.8 Å². The fourth-order valence-electron chi connectivity index (χ4n) is 3.79. The number of amides is 4. The van der Waals surface area contributed by atoms with E-state index >= 15 is 0 Å². The summed E-state index contributed by atoms with van der Waals surface area (Å²) in [6.45, 7) is 4.18. The Morgan fingerprint density at radius 2 is 1.41 bits per heavy atom. The lowest BCUT2D eigenvalue weighted by molar-refractivity contribution is -0.142. The number of carboxylic acids is 1. The maximum atomic E-state index is 13.2. The molecule has 1 aromatic rings. The monoisotopic (exact) mass is 550 g/mol. The third kappa shape index (κ3) is 13.1. The van der Waals surface area contributed by atoms with E-state index in [0.717, 1.165) is 0 Å². The zero-order valence-corrected chi connectivity index (χ0v) is 22.5. The van der Waals surface area contributed by atoms with Gasteiger partial charge in [0.1, 0.15) is 23.9 Å². The minimum absolute atomic E-state index is 0.00319. The van der Waals surface area contributed by atoms with E-state index in [1.807, 2.05) is 13.8 Å². The first-order chi connectivity index (χ1) is 18.3. The Labute approximate surface area is 228 Å². The van der Waals surface area contributed by atoms with Crippen LogP contribution in [0.3, 0.4) is 0 Å².